The maximum absolute atomic E-state index is 11.0. The molecule has 0 heterocycles. The van der Waals surface area contributed by atoms with Gasteiger partial charge in [-0.3, -0.25) is 4.79 Å². The van der Waals surface area contributed by atoms with Crippen molar-refractivity contribution in [3.05, 3.63) is 0 Å². The Hall–Kier alpha value is -1.08. The maximum atomic E-state index is 11.0. The van der Waals surface area contributed by atoms with Crippen LogP contribution in [0.15, 0.2) is 0 Å². The van der Waals surface area contributed by atoms with Gasteiger partial charge in [0.2, 0.25) is 5.91 Å². The van der Waals surface area contributed by atoms with Gasteiger partial charge in [0.15, 0.2) is 0 Å². The Bertz CT molecular complexity index is 255. The van der Waals surface area contributed by atoms with Crippen molar-refractivity contribution >= 4 is 5.91 Å². The van der Waals surface area contributed by atoms with Gasteiger partial charge < -0.3 is 10.2 Å². The molecule has 0 fully saturated rings. The first-order chi connectivity index (χ1) is 7.41. The standard InChI is InChI=1S/C12H23N3O/c1-12(2,10-13)7-5-8-15(4)9-6-11(16)14-3/h5-9H2,1-4H3,(H,14,16). The van der Waals surface area contributed by atoms with Crippen molar-refractivity contribution in [1.82, 2.24) is 10.2 Å². The zero-order valence-corrected chi connectivity index (χ0v) is 10.8. The van der Waals surface area contributed by atoms with Crippen LogP contribution in [0.1, 0.15) is 33.1 Å². The zero-order valence-electron chi connectivity index (χ0n) is 10.8. The topological polar surface area (TPSA) is 56.1 Å². The first kappa shape index (κ1) is 14.9. The zero-order chi connectivity index (χ0) is 12.6. The van der Waals surface area contributed by atoms with Crippen LogP contribution in [0.5, 0.6) is 0 Å². The SMILES string of the molecule is CNC(=O)CCN(C)CCCC(C)(C)C#N. The summed E-state index contributed by atoms with van der Waals surface area (Å²) in [5, 5.41) is 11.5. The number of carbonyl (C=O) groups is 1. The molecule has 16 heavy (non-hydrogen) atoms. The van der Waals surface area contributed by atoms with E-state index in [0.717, 1.165) is 25.9 Å². The molecule has 0 atom stereocenters. The average Bonchev–Trinajstić information content (AvgIpc) is 2.25. The van der Waals surface area contributed by atoms with E-state index in [9.17, 15) is 4.79 Å². The van der Waals surface area contributed by atoms with Crippen LogP contribution in [0.3, 0.4) is 0 Å². The summed E-state index contributed by atoms with van der Waals surface area (Å²) >= 11 is 0. The number of carbonyl (C=O) groups excluding carboxylic acids is 1. The van der Waals surface area contributed by atoms with Gasteiger partial charge in [0.1, 0.15) is 0 Å². The van der Waals surface area contributed by atoms with Gasteiger partial charge >= 0.3 is 0 Å². The van der Waals surface area contributed by atoms with E-state index in [2.05, 4.69) is 16.3 Å². The summed E-state index contributed by atoms with van der Waals surface area (Å²) < 4.78 is 0. The number of rotatable bonds is 7. The van der Waals surface area contributed by atoms with Crippen LogP contribution in [0.25, 0.3) is 0 Å². The second kappa shape index (κ2) is 7.24. The van der Waals surface area contributed by atoms with Crippen LogP contribution in [-0.4, -0.2) is 38.0 Å². The van der Waals surface area contributed by atoms with Gasteiger partial charge in [-0.1, -0.05) is 0 Å². The number of amides is 1. The second-order valence-corrected chi connectivity index (χ2v) is 4.83. The number of hydrogen-bond acceptors (Lipinski definition) is 3. The lowest BCUT2D eigenvalue weighted by molar-refractivity contribution is -0.120. The predicted molar refractivity (Wildman–Crippen MR) is 64.8 cm³/mol. The Morgan fingerprint density at radius 3 is 2.56 bits per heavy atom. The molecule has 0 radical (unpaired) electrons. The molecule has 0 spiro atoms. The molecule has 0 saturated heterocycles. The Labute approximate surface area is 98.6 Å². The fraction of sp³-hybridized carbons (Fsp3) is 0.833. The predicted octanol–water partition coefficient (Wildman–Crippen LogP) is 1.38. The summed E-state index contributed by atoms with van der Waals surface area (Å²) in [6, 6.07) is 2.29. The average molecular weight is 225 g/mol. The van der Waals surface area contributed by atoms with Crippen molar-refractivity contribution in [2.75, 3.05) is 27.2 Å². The number of nitrogens with one attached hydrogen (secondary N) is 1. The maximum Gasteiger partial charge on any atom is 0.221 e. The fourth-order valence-corrected chi connectivity index (χ4v) is 1.38. The molecule has 0 rings (SSSR count). The highest BCUT2D eigenvalue weighted by atomic mass is 16.1. The largest absolute Gasteiger partial charge is 0.359 e. The number of nitrogens with zero attached hydrogens (tertiary/aromatic N) is 2. The summed E-state index contributed by atoms with van der Waals surface area (Å²) in [6.07, 6.45) is 2.42. The summed E-state index contributed by atoms with van der Waals surface area (Å²) in [5.74, 6) is 0.0733. The molecule has 0 aliphatic rings. The normalized spacial score (nSPS) is 11.2. The van der Waals surface area contributed by atoms with E-state index in [1.807, 2.05) is 20.9 Å². The van der Waals surface area contributed by atoms with Gasteiger partial charge in [0, 0.05) is 20.0 Å². The lowest BCUT2D eigenvalue weighted by Crippen LogP contribution is -2.27. The van der Waals surface area contributed by atoms with Gasteiger partial charge in [-0.15, -0.1) is 0 Å². The van der Waals surface area contributed by atoms with Crippen LogP contribution in [0.2, 0.25) is 0 Å². The van der Waals surface area contributed by atoms with E-state index >= 15 is 0 Å². The molecule has 0 aromatic heterocycles. The van der Waals surface area contributed by atoms with Crippen molar-refractivity contribution < 1.29 is 4.79 Å². The molecular formula is C12H23N3O. The molecule has 4 heteroatoms. The first-order valence-electron chi connectivity index (χ1n) is 5.71. The summed E-state index contributed by atoms with van der Waals surface area (Å²) in [5.41, 5.74) is -0.234. The van der Waals surface area contributed by atoms with E-state index in [4.69, 9.17) is 5.26 Å². The van der Waals surface area contributed by atoms with Crippen LogP contribution < -0.4 is 5.32 Å². The lowest BCUT2D eigenvalue weighted by atomic mass is 9.90. The van der Waals surface area contributed by atoms with Gasteiger partial charge in [-0.2, -0.15) is 5.26 Å². The van der Waals surface area contributed by atoms with Gasteiger partial charge in [0.25, 0.3) is 0 Å². The molecule has 92 valence electrons. The van der Waals surface area contributed by atoms with Crippen molar-refractivity contribution in [3.8, 4) is 6.07 Å². The Morgan fingerprint density at radius 2 is 2.06 bits per heavy atom. The Morgan fingerprint density at radius 1 is 1.44 bits per heavy atom. The lowest BCUT2D eigenvalue weighted by Gasteiger charge is -2.19. The molecule has 0 aliphatic carbocycles. The van der Waals surface area contributed by atoms with Gasteiger partial charge in [-0.25, -0.2) is 0 Å². The minimum absolute atomic E-state index is 0.0733. The van der Waals surface area contributed by atoms with Crippen molar-refractivity contribution in [2.45, 2.75) is 33.1 Å². The third-order valence-corrected chi connectivity index (χ3v) is 2.64. The van der Waals surface area contributed by atoms with Crippen LogP contribution >= 0.6 is 0 Å². The minimum Gasteiger partial charge on any atom is -0.359 e. The smallest absolute Gasteiger partial charge is 0.221 e. The summed E-state index contributed by atoms with van der Waals surface area (Å²) in [6.45, 7) is 5.61. The van der Waals surface area contributed by atoms with Gasteiger partial charge in [-0.05, 0) is 40.3 Å². The molecule has 0 aliphatic heterocycles. The molecule has 1 amide bonds. The fourth-order valence-electron chi connectivity index (χ4n) is 1.38. The highest BCUT2D eigenvalue weighted by Gasteiger charge is 2.16. The molecule has 4 nitrogen and oxygen atoms in total. The molecule has 0 aromatic carbocycles. The summed E-state index contributed by atoms with van der Waals surface area (Å²) in [7, 11) is 3.65. The van der Waals surface area contributed by atoms with Crippen molar-refractivity contribution in [1.29, 1.82) is 5.26 Å². The van der Waals surface area contributed by atoms with E-state index in [1.54, 1.807) is 7.05 Å². The molecular weight excluding hydrogens is 202 g/mol. The van der Waals surface area contributed by atoms with Crippen LogP contribution in [0, 0.1) is 16.7 Å². The van der Waals surface area contributed by atoms with Crippen LogP contribution in [-0.2, 0) is 4.79 Å². The van der Waals surface area contributed by atoms with E-state index < -0.39 is 0 Å². The monoisotopic (exact) mass is 225 g/mol. The number of nitriles is 1. The molecule has 0 aromatic rings. The highest BCUT2D eigenvalue weighted by molar-refractivity contribution is 5.75. The molecule has 1 N–H and O–H groups in total. The highest BCUT2D eigenvalue weighted by Crippen LogP contribution is 2.20. The first-order valence-corrected chi connectivity index (χ1v) is 5.71. The van der Waals surface area contributed by atoms with Crippen molar-refractivity contribution in [2.24, 2.45) is 5.41 Å². The van der Waals surface area contributed by atoms with Crippen LogP contribution in [0.4, 0.5) is 0 Å². The second-order valence-electron chi connectivity index (χ2n) is 4.83. The quantitative estimate of drug-likeness (QED) is 0.712. The molecule has 0 saturated carbocycles. The Balaban J connectivity index is 3.63. The van der Waals surface area contributed by atoms with E-state index in [-0.39, 0.29) is 11.3 Å². The van der Waals surface area contributed by atoms with E-state index in [0.29, 0.717) is 6.42 Å². The molecule has 0 bridgehead atoms. The van der Waals surface area contributed by atoms with E-state index in [1.165, 1.54) is 0 Å². The third-order valence-electron chi connectivity index (χ3n) is 2.64. The third kappa shape index (κ3) is 7.24. The minimum atomic E-state index is -0.234. The summed E-state index contributed by atoms with van der Waals surface area (Å²) in [4.78, 5) is 13.1. The number of hydrogen-bond donors (Lipinski definition) is 1. The van der Waals surface area contributed by atoms with Gasteiger partial charge in [0.05, 0.1) is 11.5 Å². The Kier molecular flexibility index (Phi) is 6.75. The molecule has 0 unspecified atom stereocenters. The van der Waals surface area contributed by atoms with Crippen molar-refractivity contribution in [3.63, 3.8) is 0 Å².